The normalized spacial score (nSPS) is 19.4. The molecule has 1 aliphatic heterocycles. The quantitative estimate of drug-likeness (QED) is 0.825. The van der Waals surface area contributed by atoms with E-state index in [1.54, 1.807) is 6.20 Å². The lowest BCUT2D eigenvalue weighted by Crippen LogP contribution is -2.43. The van der Waals surface area contributed by atoms with E-state index in [9.17, 15) is 4.79 Å². The molecule has 0 bridgehead atoms. The highest BCUT2D eigenvalue weighted by molar-refractivity contribution is 5.74. The number of pyridine rings is 1. The Balaban J connectivity index is 2.03. The van der Waals surface area contributed by atoms with E-state index in [0.29, 0.717) is 12.8 Å². The van der Waals surface area contributed by atoms with Crippen LogP contribution in [0.1, 0.15) is 19.8 Å². The Morgan fingerprint density at radius 3 is 2.62 bits per heavy atom. The predicted molar refractivity (Wildman–Crippen MR) is 61.4 cm³/mol. The van der Waals surface area contributed by atoms with Crippen LogP contribution < -0.4 is 4.90 Å². The van der Waals surface area contributed by atoms with Crippen LogP contribution in [0.2, 0.25) is 0 Å². The average molecular weight is 220 g/mol. The highest BCUT2D eigenvalue weighted by Gasteiger charge is 2.36. The monoisotopic (exact) mass is 220 g/mol. The SMILES string of the molecule is CC1(C(=O)O)CCN(c2ccccn2)CC1. The summed E-state index contributed by atoms with van der Waals surface area (Å²) in [4.78, 5) is 17.5. The lowest BCUT2D eigenvalue weighted by Gasteiger charge is -2.37. The van der Waals surface area contributed by atoms with Crippen molar-refractivity contribution >= 4 is 11.8 Å². The molecule has 0 aromatic carbocycles. The van der Waals surface area contributed by atoms with Gasteiger partial charge >= 0.3 is 5.97 Å². The molecular formula is C12H16N2O2. The molecule has 4 heteroatoms. The van der Waals surface area contributed by atoms with Crippen molar-refractivity contribution < 1.29 is 9.90 Å². The minimum Gasteiger partial charge on any atom is -0.481 e. The third-order valence-corrected chi connectivity index (χ3v) is 3.36. The second-order valence-electron chi connectivity index (χ2n) is 4.54. The number of piperidine rings is 1. The maximum atomic E-state index is 11.1. The van der Waals surface area contributed by atoms with Gasteiger partial charge in [0.2, 0.25) is 0 Å². The summed E-state index contributed by atoms with van der Waals surface area (Å²) in [6, 6.07) is 5.80. The molecule has 0 atom stereocenters. The summed E-state index contributed by atoms with van der Waals surface area (Å²) in [5, 5.41) is 9.12. The second-order valence-corrected chi connectivity index (χ2v) is 4.54. The standard InChI is InChI=1S/C12H16N2O2/c1-12(11(15)16)5-8-14(9-6-12)10-4-2-3-7-13-10/h2-4,7H,5-6,8-9H2,1H3,(H,15,16). The molecule has 4 nitrogen and oxygen atoms in total. The Morgan fingerprint density at radius 1 is 1.44 bits per heavy atom. The molecule has 1 aromatic rings. The largest absolute Gasteiger partial charge is 0.481 e. The van der Waals surface area contributed by atoms with E-state index >= 15 is 0 Å². The Morgan fingerprint density at radius 2 is 2.12 bits per heavy atom. The van der Waals surface area contributed by atoms with E-state index in [0.717, 1.165) is 18.9 Å². The van der Waals surface area contributed by atoms with Gasteiger partial charge in [-0.3, -0.25) is 4.79 Å². The van der Waals surface area contributed by atoms with Crippen LogP contribution in [0.4, 0.5) is 5.82 Å². The third-order valence-electron chi connectivity index (χ3n) is 3.36. The molecule has 0 saturated carbocycles. The number of rotatable bonds is 2. The number of hydrogen-bond acceptors (Lipinski definition) is 3. The van der Waals surface area contributed by atoms with Crippen LogP contribution in [-0.2, 0) is 4.79 Å². The van der Waals surface area contributed by atoms with Crippen molar-refractivity contribution in [1.82, 2.24) is 4.98 Å². The van der Waals surface area contributed by atoms with Crippen LogP contribution in [0.15, 0.2) is 24.4 Å². The molecule has 0 amide bonds. The van der Waals surface area contributed by atoms with Gasteiger partial charge in [0.05, 0.1) is 5.41 Å². The zero-order valence-corrected chi connectivity index (χ0v) is 9.39. The maximum absolute atomic E-state index is 11.1. The van der Waals surface area contributed by atoms with Crippen LogP contribution in [0, 0.1) is 5.41 Å². The molecule has 1 aromatic heterocycles. The summed E-state index contributed by atoms with van der Waals surface area (Å²) in [6.07, 6.45) is 3.12. The molecule has 16 heavy (non-hydrogen) atoms. The molecule has 0 radical (unpaired) electrons. The van der Waals surface area contributed by atoms with Crippen molar-refractivity contribution in [2.75, 3.05) is 18.0 Å². The van der Waals surface area contributed by atoms with E-state index in [-0.39, 0.29) is 0 Å². The summed E-state index contributed by atoms with van der Waals surface area (Å²) in [5.41, 5.74) is -0.564. The minimum absolute atomic E-state index is 0.564. The van der Waals surface area contributed by atoms with Gasteiger partial charge in [-0.15, -0.1) is 0 Å². The van der Waals surface area contributed by atoms with Gasteiger partial charge in [0.1, 0.15) is 5.82 Å². The van der Waals surface area contributed by atoms with E-state index < -0.39 is 11.4 Å². The Hall–Kier alpha value is -1.58. The molecule has 1 saturated heterocycles. The zero-order valence-electron chi connectivity index (χ0n) is 9.39. The topological polar surface area (TPSA) is 53.4 Å². The van der Waals surface area contributed by atoms with E-state index in [1.165, 1.54) is 0 Å². The number of nitrogens with zero attached hydrogens (tertiary/aromatic N) is 2. The Kier molecular flexibility index (Phi) is 2.81. The lowest BCUT2D eigenvalue weighted by molar-refractivity contribution is -0.149. The van der Waals surface area contributed by atoms with Crippen molar-refractivity contribution in [3.05, 3.63) is 24.4 Å². The van der Waals surface area contributed by atoms with Crippen molar-refractivity contribution in [3.63, 3.8) is 0 Å². The number of anilines is 1. The van der Waals surface area contributed by atoms with Gasteiger partial charge in [-0.1, -0.05) is 6.07 Å². The molecule has 0 unspecified atom stereocenters. The molecule has 2 rings (SSSR count). The smallest absolute Gasteiger partial charge is 0.309 e. The minimum atomic E-state index is -0.687. The summed E-state index contributed by atoms with van der Waals surface area (Å²) >= 11 is 0. The highest BCUT2D eigenvalue weighted by Crippen LogP contribution is 2.32. The van der Waals surface area contributed by atoms with Gasteiger partial charge in [-0.05, 0) is 31.9 Å². The number of hydrogen-bond donors (Lipinski definition) is 1. The number of aromatic nitrogens is 1. The van der Waals surface area contributed by atoms with Crippen molar-refractivity contribution in [2.45, 2.75) is 19.8 Å². The molecule has 1 aliphatic rings. The molecule has 0 aliphatic carbocycles. The lowest BCUT2D eigenvalue weighted by atomic mass is 9.80. The number of carboxylic acid groups (broad SMARTS) is 1. The van der Waals surface area contributed by atoms with Crippen LogP contribution in [0.25, 0.3) is 0 Å². The number of carboxylic acids is 1. The predicted octanol–water partition coefficient (Wildman–Crippen LogP) is 1.77. The van der Waals surface area contributed by atoms with Crippen LogP contribution >= 0.6 is 0 Å². The second kappa shape index (κ2) is 4.12. The average Bonchev–Trinajstić information content (AvgIpc) is 2.31. The first-order valence-electron chi connectivity index (χ1n) is 5.51. The fourth-order valence-corrected chi connectivity index (χ4v) is 1.98. The fraction of sp³-hybridized carbons (Fsp3) is 0.500. The molecule has 2 heterocycles. The van der Waals surface area contributed by atoms with E-state index in [1.807, 2.05) is 25.1 Å². The van der Waals surface area contributed by atoms with Crippen molar-refractivity contribution in [1.29, 1.82) is 0 Å². The van der Waals surface area contributed by atoms with Crippen LogP contribution in [0.3, 0.4) is 0 Å². The Labute approximate surface area is 94.9 Å². The van der Waals surface area contributed by atoms with Gasteiger partial charge in [0.25, 0.3) is 0 Å². The molecule has 86 valence electrons. The van der Waals surface area contributed by atoms with Crippen LogP contribution in [0.5, 0.6) is 0 Å². The molecule has 1 N–H and O–H groups in total. The molecule has 0 spiro atoms. The maximum Gasteiger partial charge on any atom is 0.309 e. The van der Waals surface area contributed by atoms with Crippen molar-refractivity contribution in [2.24, 2.45) is 5.41 Å². The fourth-order valence-electron chi connectivity index (χ4n) is 1.98. The summed E-state index contributed by atoms with van der Waals surface area (Å²) in [7, 11) is 0. The van der Waals surface area contributed by atoms with Gasteiger partial charge in [0, 0.05) is 19.3 Å². The first kappa shape index (κ1) is 10.9. The van der Waals surface area contributed by atoms with Gasteiger partial charge in [-0.25, -0.2) is 4.98 Å². The van der Waals surface area contributed by atoms with E-state index in [2.05, 4.69) is 9.88 Å². The van der Waals surface area contributed by atoms with Crippen molar-refractivity contribution in [3.8, 4) is 0 Å². The third kappa shape index (κ3) is 2.01. The first-order chi connectivity index (χ1) is 7.62. The van der Waals surface area contributed by atoms with Gasteiger partial charge < -0.3 is 10.0 Å². The highest BCUT2D eigenvalue weighted by atomic mass is 16.4. The first-order valence-corrected chi connectivity index (χ1v) is 5.51. The van der Waals surface area contributed by atoms with Crippen LogP contribution in [-0.4, -0.2) is 29.1 Å². The summed E-state index contributed by atoms with van der Waals surface area (Å²) in [6.45, 7) is 3.35. The summed E-state index contributed by atoms with van der Waals surface area (Å²) in [5.74, 6) is 0.253. The molecular weight excluding hydrogens is 204 g/mol. The van der Waals surface area contributed by atoms with Gasteiger partial charge in [-0.2, -0.15) is 0 Å². The number of carbonyl (C=O) groups is 1. The molecule has 1 fully saturated rings. The van der Waals surface area contributed by atoms with E-state index in [4.69, 9.17) is 5.11 Å². The van der Waals surface area contributed by atoms with Gasteiger partial charge in [0.15, 0.2) is 0 Å². The zero-order chi connectivity index (χ0) is 11.6. The Bertz CT molecular complexity index is 370. The summed E-state index contributed by atoms with van der Waals surface area (Å²) < 4.78 is 0. The number of aliphatic carboxylic acids is 1.